The molecular weight excluding hydrogens is 408 g/mol. The van der Waals surface area contributed by atoms with Gasteiger partial charge in [0.05, 0.1) is 42.9 Å². The molecule has 1 N–H and O–H groups in total. The predicted molar refractivity (Wildman–Crippen MR) is 120 cm³/mol. The summed E-state index contributed by atoms with van der Waals surface area (Å²) in [5, 5.41) is 8.72. The van der Waals surface area contributed by atoms with Crippen molar-refractivity contribution < 1.29 is 14.3 Å². The summed E-state index contributed by atoms with van der Waals surface area (Å²) in [6.07, 6.45) is 5.90. The zero-order chi connectivity index (χ0) is 22.5. The van der Waals surface area contributed by atoms with Crippen LogP contribution >= 0.6 is 0 Å². The molecule has 3 aromatic rings. The lowest BCUT2D eigenvalue weighted by molar-refractivity contribution is -0.159. The van der Waals surface area contributed by atoms with E-state index in [-0.39, 0.29) is 12.0 Å². The van der Waals surface area contributed by atoms with Gasteiger partial charge in [-0.15, -0.1) is 0 Å². The van der Waals surface area contributed by atoms with Crippen molar-refractivity contribution in [1.29, 1.82) is 0 Å². The third-order valence-electron chi connectivity index (χ3n) is 6.70. The Labute approximate surface area is 186 Å². The first kappa shape index (κ1) is 20.7. The second kappa shape index (κ2) is 7.74. The number of hydrogen-bond acceptors (Lipinski definition) is 8. The lowest BCUT2D eigenvalue weighted by Crippen LogP contribution is -2.43. The Kier molecular flexibility index (Phi) is 5.00. The minimum absolute atomic E-state index is 0.105. The Morgan fingerprint density at radius 1 is 1.22 bits per heavy atom. The summed E-state index contributed by atoms with van der Waals surface area (Å²) in [7, 11) is 5.24. The molecule has 1 aliphatic carbocycles. The normalized spacial score (nSPS) is 22.8. The molecule has 1 aromatic carbocycles. The predicted octanol–water partition coefficient (Wildman–Crippen LogP) is 3.08. The number of esters is 1. The first-order valence-corrected chi connectivity index (χ1v) is 10.8. The molecule has 9 heteroatoms. The standard InChI is InChI=1S/C23H28N6O3/c1-23(21(30)32-4)9-17(10-23)29-20-16(12-25-29)11-24-22(27-20)26-18-7-15-13-28(2)6-5-14(15)8-19(18)31-3/h7-8,11-12,17H,5-6,9-10,13H2,1-4H3,(H,24,26,27). The monoisotopic (exact) mass is 436 g/mol. The highest BCUT2D eigenvalue weighted by Crippen LogP contribution is 2.49. The van der Waals surface area contributed by atoms with Crippen LogP contribution in [0.25, 0.3) is 11.0 Å². The number of fused-ring (bicyclic) bond motifs is 2. The highest BCUT2D eigenvalue weighted by Gasteiger charge is 2.48. The second-order valence-corrected chi connectivity index (χ2v) is 9.11. The van der Waals surface area contributed by atoms with E-state index >= 15 is 0 Å². The number of ether oxygens (including phenoxy) is 2. The Bertz CT molecular complexity index is 1180. The van der Waals surface area contributed by atoms with Gasteiger partial charge in [-0.05, 0) is 56.5 Å². The fourth-order valence-corrected chi connectivity index (χ4v) is 4.84. The molecule has 0 radical (unpaired) electrons. The van der Waals surface area contributed by atoms with Crippen LogP contribution in [0.5, 0.6) is 5.75 Å². The molecule has 1 fully saturated rings. The Morgan fingerprint density at radius 3 is 2.78 bits per heavy atom. The van der Waals surface area contributed by atoms with Crippen molar-refractivity contribution in [2.45, 2.75) is 38.8 Å². The van der Waals surface area contributed by atoms with Crippen molar-refractivity contribution in [2.75, 3.05) is 33.1 Å². The van der Waals surface area contributed by atoms with Crippen LogP contribution in [0.15, 0.2) is 24.5 Å². The first-order valence-electron chi connectivity index (χ1n) is 10.8. The van der Waals surface area contributed by atoms with Crippen molar-refractivity contribution in [1.82, 2.24) is 24.6 Å². The fraction of sp³-hybridized carbons (Fsp3) is 0.478. The van der Waals surface area contributed by atoms with E-state index in [0.29, 0.717) is 18.8 Å². The van der Waals surface area contributed by atoms with E-state index in [1.165, 1.54) is 18.2 Å². The summed E-state index contributed by atoms with van der Waals surface area (Å²) in [5.74, 6) is 1.09. The van der Waals surface area contributed by atoms with Crippen LogP contribution in [0.1, 0.15) is 36.9 Å². The number of rotatable bonds is 5. The van der Waals surface area contributed by atoms with Gasteiger partial charge in [0.1, 0.15) is 5.75 Å². The van der Waals surface area contributed by atoms with Gasteiger partial charge >= 0.3 is 5.97 Å². The number of carbonyl (C=O) groups is 1. The SMILES string of the molecule is COC(=O)C1(C)CC(n2ncc3cnc(Nc4cc5c(cc4OC)CCN(C)C5)nc32)C1. The van der Waals surface area contributed by atoms with E-state index in [9.17, 15) is 4.79 Å². The van der Waals surface area contributed by atoms with Crippen LogP contribution in [-0.2, 0) is 22.5 Å². The molecule has 0 saturated heterocycles. The van der Waals surface area contributed by atoms with Gasteiger partial charge < -0.3 is 19.7 Å². The quantitative estimate of drug-likeness (QED) is 0.610. The highest BCUT2D eigenvalue weighted by atomic mass is 16.5. The molecule has 5 rings (SSSR count). The average Bonchev–Trinajstić information content (AvgIpc) is 3.18. The largest absolute Gasteiger partial charge is 0.495 e. The van der Waals surface area contributed by atoms with E-state index in [1.54, 1.807) is 19.5 Å². The van der Waals surface area contributed by atoms with Crippen molar-refractivity contribution in [2.24, 2.45) is 5.41 Å². The van der Waals surface area contributed by atoms with Gasteiger partial charge in [0, 0.05) is 19.3 Å². The maximum Gasteiger partial charge on any atom is 0.311 e. The highest BCUT2D eigenvalue weighted by molar-refractivity contribution is 5.79. The third kappa shape index (κ3) is 3.46. The van der Waals surface area contributed by atoms with Crippen molar-refractivity contribution in [3.05, 3.63) is 35.7 Å². The summed E-state index contributed by atoms with van der Waals surface area (Å²) < 4.78 is 12.5. The molecule has 3 heterocycles. The first-order chi connectivity index (χ1) is 15.4. The van der Waals surface area contributed by atoms with Crippen molar-refractivity contribution >= 4 is 28.6 Å². The minimum Gasteiger partial charge on any atom is -0.495 e. The molecule has 0 unspecified atom stereocenters. The lowest BCUT2D eigenvalue weighted by Gasteiger charge is -2.42. The number of nitrogens with zero attached hydrogens (tertiary/aromatic N) is 5. The molecule has 0 spiro atoms. The van der Waals surface area contributed by atoms with E-state index in [2.05, 4.69) is 39.5 Å². The Morgan fingerprint density at radius 2 is 2.03 bits per heavy atom. The molecular formula is C23H28N6O3. The van der Waals surface area contributed by atoms with Gasteiger partial charge in [-0.3, -0.25) is 4.79 Å². The number of hydrogen-bond donors (Lipinski definition) is 1. The molecule has 1 saturated carbocycles. The van der Waals surface area contributed by atoms with E-state index in [4.69, 9.17) is 14.5 Å². The molecule has 0 amide bonds. The molecule has 2 aromatic heterocycles. The zero-order valence-corrected chi connectivity index (χ0v) is 18.9. The number of likely N-dealkylation sites (N-methyl/N-ethyl adjacent to an activating group) is 1. The maximum atomic E-state index is 12.0. The van der Waals surface area contributed by atoms with Gasteiger partial charge in [-0.25, -0.2) is 9.67 Å². The Hall–Kier alpha value is -3.20. The number of benzene rings is 1. The van der Waals surface area contributed by atoms with E-state index in [0.717, 1.165) is 42.0 Å². The van der Waals surface area contributed by atoms with Crippen molar-refractivity contribution in [3.8, 4) is 5.75 Å². The number of aromatic nitrogens is 4. The molecule has 168 valence electrons. The maximum absolute atomic E-state index is 12.0. The second-order valence-electron chi connectivity index (χ2n) is 9.11. The molecule has 32 heavy (non-hydrogen) atoms. The number of methoxy groups -OCH3 is 2. The molecule has 0 bridgehead atoms. The van der Waals surface area contributed by atoms with Crippen LogP contribution in [0.4, 0.5) is 11.6 Å². The minimum atomic E-state index is -0.463. The molecule has 9 nitrogen and oxygen atoms in total. The van der Waals surface area contributed by atoms with Crippen LogP contribution in [0.3, 0.4) is 0 Å². The Balaban J connectivity index is 1.42. The summed E-state index contributed by atoms with van der Waals surface area (Å²) in [4.78, 5) is 23.6. The smallest absolute Gasteiger partial charge is 0.311 e. The fourth-order valence-electron chi connectivity index (χ4n) is 4.84. The van der Waals surface area contributed by atoms with E-state index in [1.807, 2.05) is 11.6 Å². The number of carbonyl (C=O) groups excluding carboxylic acids is 1. The third-order valence-corrected chi connectivity index (χ3v) is 6.70. The van der Waals surface area contributed by atoms with Gasteiger partial charge in [0.2, 0.25) is 5.95 Å². The summed E-state index contributed by atoms with van der Waals surface area (Å²) >= 11 is 0. The van der Waals surface area contributed by atoms with Crippen LogP contribution in [0.2, 0.25) is 0 Å². The van der Waals surface area contributed by atoms with Crippen molar-refractivity contribution in [3.63, 3.8) is 0 Å². The zero-order valence-electron chi connectivity index (χ0n) is 18.9. The van der Waals surface area contributed by atoms with Gasteiger partial charge in [0.25, 0.3) is 0 Å². The number of anilines is 2. The lowest BCUT2D eigenvalue weighted by atomic mass is 9.67. The summed E-state index contributed by atoms with van der Waals surface area (Å²) in [6.45, 7) is 3.88. The number of nitrogens with one attached hydrogen (secondary N) is 1. The molecule has 2 aliphatic rings. The van der Waals surface area contributed by atoms with Crippen LogP contribution in [-0.4, -0.2) is 58.4 Å². The average molecular weight is 437 g/mol. The molecule has 1 aliphatic heterocycles. The van der Waals surface area contributed by atoms with Crippen LogP contribution < -0.4 is 10.1 Å². The van der Waals surface area contributed by atoms with E-state index < -0.39 is 5.41 Å². The topological polar surface area (TPSA) is 94.4 Å². The van der Waals surface area contributed by atoms with Gasteiger partial charge in [0.15, 0.2) is 5.65 Å². The summed E-state index contributed by atoms with van der Waals surface area (Å²) in [5.41, 5.74) is 3.73. The van der Waals surface area contributed by atoms with Gasteiger partial charge in [-0.2, -0.15) is 10.1 Å². The van der Waals surface area contributed by atoms with Crippen LogP contribution in [0, 0.1) is 5.41 Å². The summed E-state index contributed by atoms with van der Waals surface area (Å²) in [6, 6.07) is 4.34. The molecule has 0 atom stereocenters. The van der Waals surface area contributed by atoms with Gasteiger partial charge in [-0.1, -0.05) is 0 Å².